The molecule has 2 fully saturated rings. The van der Waals surface area contributed by atoms with E-state index in [1.807, 2.05) is 0 Å². The van der Waals surface area contributed by atoms with E-state index in [0.29, 0.717) is 18.9 Å². The molecule has 3 aliphatic rings. The van der Waals surface area contributed by atoms with E-state index in [4.69, 9.17) is 0 Å². The number of alkyl halides is 2. The van der Waals surface area contributed by atoms with E-state index in [1.165, 1.54) is 5.71 Å². The molecule has 0 aromatic heterocycles. The van der Waals surface area contributed by atoms with Crippen LogP contribution in [-0.4, -0.2) is 42.2 Å². The molecule has 1 aliphatic carbocycles. The molecule has 0 unspecified atom stereocenters. The van der Waals surface area contributed by atoms with E-state index < -0.39 is 11.3 Å². The summed E-state index contributed by atoms with van der Waals surface area (Å²) in [6.45, 7) is 4.72. The first-order valence-corrected chi connectivity index (χ1v) is 6.64. The van der Waals surface area contributed by atoms with Gasteiger partial charge in [0.05, 0.1) is 6.04 Å². The van der Waals surface area contributed by atoms with Crippen molar-refractivity contribution in [2.45, 2.75) is 51.0 Å². The summed E-state index contributed by atoms with van der Waals surface area (Å²) in [5.74, 6) is -2.36. The van der Waals surface area contributed by atoms with Crippen LogP contribution in [0.15, 0.2) is 4.99 Å². The third-order valence-corrected chi connectivity index (χ3v) is 4.74. The van der Waals surface area contributed by atoms with Gasteiger partial charge in [0.1, 0.15) is 0 Å². The Morgan fingerprint density at radius 2 is 2.00 bits per heavy atom. The van der Waals surface area contributed by atoms with Gasteiger partial charge in [-0.2, -0.15) is 0 Å². The summed E-state index contributed by atoms with van der Waals surface area (Å²) in [5, 5.41) is 0. The first kappa shape index (κ1) is 11.6. The van der Waals surface area contributed by atoms with E-state index in [0.717, 1.165) is 32.5 Å². The van der Waals surface area contributed by atoms with Crippen molar-refractivity contribution in [2.24, 2.45) is 10.4 Å². The summed E-state index contributed by atoms with van der Waals surface area (Å²) in [7, 11) is 0. The van der Waals surface area contributed by atoms with Crippen LogP contribution in [0.4, 0.5) is 8.78 Å². The Morgan fingerprint density at radius 1 is 1.35 bits per heavy atom. The van der Waals surface area contributed by atoms with Gasteiger partial charge in [0.2, 0.25) is 0 Å². The summed E-state index contributed by atoms with van der Waals surface area (Å²) in [4.78, 5) is 6.92. The van der Waals surface area contributed by atoms with Gasteiger partial charge < -0.3 is 4.90 Å². The largest absolute Gasteiger partial charge is 0.301 e. The molecule has 17 heavy (non-hydrogen) atoms. The predicted molar refractivity (Wildman–Crippen MR) is 63.8 cm³/mol. The van der Waals surface area contributed by atoms with Gasteiger partial charge in [-0.05, 0) is 45.7 Å². The molecule has 4 heteroatoms. The molecular weight excluding hydrogens is 222 g/mol. The Hall–Kier alpha value is -0.510. The smallest absolute Gasteiger partial charge is 0.254 e. The first-order valence-electron chi connectivity index (χ1n) is 6.64. The summed E-state index contributed by atoms with van der Waals surface area (Å²) < 4.78 is 26.4. The van der Waals surface area contributed by atoms with Gasteiger partial charge in [0.25, 0.3) is 5.92 Å². The van der Waals surface area contributed by atoms with Crippen LogP contribution in [0.3, 0.4) is 0 Å². The topological polar surface area (TPSA) is 15.6 Å². The van der Waals surface area contributed by atoms with Crippen LogP contribution in [0.2, 0.25) is 0 Å². The Balaban J connectivity index is 1.50. The fourth-order valence-electron chi connectivity index (χ4n) is 3.33. The third kappa shape index (κ3) is 2.01. The number of aliphatic imine (C=N–C) groups is 1. The van der Waals surface area contributed by atoms with E-state index in [2.05, 4.69) is 16.8 Å². The van der Waals surface area contributed by atoms with Gasteiger partial charge in [-0.15, -0.1) is 0 Å². The van der Waals surface area contributed by atoms with Crippen LogP contribution in [0.5, 0.6) is 0 Å². The number of nitrogens with zero attached hydrogens (tertiary/aromatic N) is 2. The van der Waals surface area contributed by atoms with Gasteiger partial charge in [-0.25, -0.2) is 8.78 Å². The SMILES string of the molecule is CC1=N[C@H](CN2CCC3(CC2)CC3(F)F)CC1. The minimum atomic E-state index is -2.36. The lowest BCUT2D eigenvalue weighted by Gasteiger charge is -2.33. The van der Waals surface area contributed by atoms with Crippen molar-refractivity contribution in [3.05, 3.63) is 0 Å². The van der Waals surface area contributed by atoms with Gasteiger partial charge in [0.15, 0.2) is 0 Å². The molecule has 2 nitrogen and oxygen atoms in total. The maximum atomic E-state index is 13.2. The zero-order valence-corrected chi connectivity index (χ0v) is 10.4. The van der Waals surface area contributed by atoms with Gasteiger partial charge in [-0.1, -0.05) is 0 Å². The molecular formula is C13H20F2N2. The molecule has 2 heterocycles. The predicted octanol–water partition coefficient (Wildman–Crippen LogP) is 2.73. The van der Waals surface area contributed by atoms with E-state index >= 15 is 0 Å². The van der Waals surface area contributed by atoms with Crippen molar-refractivity contribution in [3.63, 3.8) is 0 Å². The Labute approximate surface area is 101 Å². The van der Waals surface area contributed by atoms with Gasteiger partial charge in [0, 0.05) is 24.1 Å². The fourth-order valence-corrected chi connectivity index (χ4v) is 3.33. The van der Waals surface area contributed by atoms with E-state index in [9.17, 15) is 8.78 Å². The number of hydrogen-bond donors (Lipinski definition) is 0. The fraction of sp³-hybridized carbons (Fsp3) is 0.923. The Bertz CT molecular complexity index is 343. The molecule has 2 aliphatic heterocycles. The maximum Gasteiger partial charge on any atom is 0.254 e. The molecule has 1 saturated heterocycles. The molecule has 0 bridgehead atoms. The van der Waals surface area contributed by atoms with Crippen molar-refractivity contribution in [1.82, 2.24) is 4.90 Å². The van der Waals surface area contributed by atoms with E-state index in [-0.39, 0.29) is 6.42 Å². The van der Waals surface area contributed by atoms with Crippen molar-refractivity contribution >= 4 is 5.71 Å². The zero-order chi connectivity index (χ0) is 12.1. The Morgan fingerprint density at radius 3 is 2.47 bits per heavy atom. The molecule has 1 spiro atoms. The second-order valence-electron chi connectivity index (χ2n) is 6.02. The number of likely N-dealkylation sites (tertiary alicyclic amines) is 1. The molecule has 1 saturated carbocycles. The monoisotopic (exact) mass is 242 g/mol. The molecule has 96 valence electrons. The maximum absolute atomic E-state index is 13.2. The van der Waals surface area contributed by atoms with Gasteiger partial charge >= 0.3 is 0 Å². The second kappa shape index (κ2) is 3.74. The summed E-state index contributed by atoms with van der Waals surface area (Å²) in [5.41, 5.74) is 0.635. The molecule has 0 N–H and O–H groups in total. The standard InChI is InChI=1S/C13H20F2N2/c1-10-2-3-11(16-10)8-17-6-4-12(5-7-17)9-13(12,14)15/h11H,2-9H2,1H3/t11-/m0/s1. The summed E-state index contributed by atoms with van der Waals surface area (Å²) >= 11 is 0. The number of halogens is 2. The lowest BCUT2D eigenvalue weighted by molar-refractivity contribution is 0.0305. The van der Waals surface area contributed by atoms with Crippen LogP contribution in [0.1, 0.15) is 39.0 Å². The highest BCUT2D eigenvalue weighted by molar-refractivity contribution is 5.83. The number of hydrogen-bond acceptors (Lipinski definition) is 2. The minimum absolute atomic E-state index is 0.133. The molecule has 0 radical (unpaired) electrons. The van der Waals surface area contributed by atoms with Crippen LogP contribution >= 0.6 is 0 Å². The molecule has 1 atom stereocenters. The zero-order valence-electron chi connectivity index (χ0n) is 10.4. The lowest BCUT2D eigenvalue weighted by Crippen LogP contribution is -2.39. The number of rotatable bonds is 2. The van der Waals surface area contributed by atoms with E-state index in [1.54, 1.807) is 0 Å². The lowest BCUT2D eigenvalue weighted by atomic mass is 9.92. The number of piperidine rings is 1. The first-order chi connectivity index (χ1) is 8.01. The highest BCUT2D eigenvalue weighted by atomic mass is 19.3. The van der Waals surface area contributed by atoms with Crippen molar-refractivity contribution in [3.8, 4) is 0 Å². The average Bonchev–Trinajstić information content (AvgIpc) is 2.59. The van der Waals surface area contributed by atoms with Crippen molar-refractivity contribution < 1.29 is 8.78 Å². The quantitative estimate of drug-likeness (QED) is 0.727. The molecule has 0 amide bonds. The molecule has 0 aromatic rings. The molecule has 0 aromatic carbocycles. The molecule has 3 rings (SSSR count). The Kier molecular flexibility index (Phi) is 2.55. The average molecular weight is 242 g/mol. The van der Waals surface area contributed by atoms with Crippen LogP contribution in [-0.2, 0) is 0 Å². The van der Waals surface area contributed by atoms with Crippen molar-refractivity contribution in [1.29, 1.82) is 0 Å². The van der Waals surface area contributed by atoms with Gasteiger partial charge in [-0.3, -0.25) is 4.99 Å². The third-order valence-electron chi connectivity index (χ3n) is 4.74. The highest BCUT2D eigenvalue weighted by Crippen LogP contribution is 2.65. The minimum Gasteiger partial charge on any atom is -0.301 e. The normalized spacial score (nSPS) is 35.0. The summed E-state index contributed by atoms with van der Waals surface area (Å²) in [6.07, 6.45) is 3.74. The van der Waals surface area contributed by atoms with Crippen molar-refractivity contribution in [2.75, 3.05) is 19.6 Å². The summed E-state index contributed by atoms with van der Waals surface area (Å²) in [6, 6.07) is 0.420. The van der Waals surface area contributed by atoms with Crippen LogP contribution in [0, 0.1) is 5.41 Å². The van der Waals surface area contributed by atoms with Crippen LogP contribution < -0.4 is 0 Å². The van der Waals surface area contributed by atoms with Crippen LogP contribution in [0.25, 0.3) is 0 Å². The second-order valence-corrected chi connectivity index (χ2v) is 6.02. The highest BCUT2D eigenvalue weighted by Gasteiger charge is 2.70.